The molecule has 0 spiro atoms. The molecule has 0 aromatic heterocycles. The van der Waals surface area contributed by atoms with Crippen LogP contribution in [-0.2, 0) is 9.59 Å². The van der Waals surface area contributed by atoms with E-state index < -0.39 is 0 Å². The van der Waals surface area contributed by atoms with E-state index in [0.717, 1.165) is 0 Å². The Bertz CT molecular complexity index is 978. The molecule has 2 amide bonds. The van der Waals surface area contributed by atoms with Crippen molar-refractivity contribution in [1.29, 1.82) is 0 Å². The molecule has 2 aromatic rings. The monoisotopic (exact) mass is 458 g/mol. The Morgan fingerprint density at radius 3 is 2.47 bits per heavy atom. The van der Waals surface area contributed by atoms with Gasteiger partial charge in [0.05, 0.1) is 23.3 Å². The van der Waals surface area contributed by atoms with Crippen molar-refractivity contribution in [2.24, 2.45) is 0 Å². The van der Waals surface area contributed by atoms with E-state index in [4.69, 9.17) is 21.1 Å². The Hall–Kier alpha value is -2.81. The zero-order chi connectivity index (χ0) is 22.5. The number of ether oxygens (including phenoxy) is 2. The Kier molecular flexibility index (Phi) is 7.14. The minimum Gasteiger partial charge on any atom is -0.486 e. The van der Waals surface area contributed by atoms with Gasteiger partial charge in [-0.1, -0.05) is 23.7 Å². The van der Waals surface area contributed by atoms with Gasteiger partial charge in [0.15, 0.2) is 11.5 Å². The number of benzene rings is 2. The van der Waals surface area contributed by atoms with Gasteiger partial charge in [0.2, 0.25) is 11.8 Å². The summed E-state index contributed by atoms with van der Waals surface area (Å²) >= 11 is 6.10. The van der Waals surface area contributed by atoms with Gasteiger partial charge in [-0.2, -0.15) is 0 Å². The number of piperazine rings is 1. The van der Waals surface area contributed by atoms with Gasteiger partial charge in [-0.15, -0.1) is 0 Å². The number of halogens is 1. The minimum atomic E-state index is -0.290. The first-order valence-corrected chi connectivity index (χ1v) is 11.1. The van der Waals surface area contributed by atoms with Crippen LogP contribution in [0.15, 0.2) is 42.5 Å². The minimum absolute atomic E-state index is 0.0772. The van der Waals surface area contributed by atoms with Crippen molar-refractivity contribution in [3.8, 4) is 11.5 Å². The van der Waals surface area contributed by atoms with Crippen LogP contribution in [-0.4, -0.2) is 73.6 Å². The second-order valence-corrected chi connectivity index (χ2v) is 8.27. The van der Waals surface area contributed by atoms with Gasteiger partial charge in [-0.3, -0.25) is 19.4 Å². The fourth-order valence-corrected chi connectivity index (χ4v) is 3.98. The molecule has 1 saturated heterocycles. The number of carbonyl (C=O) groups excluding carboxylic acids is 2. The number of para-hydroxylation sites is 1. The highest BCUT2D eigenvalue weighted by Gasteiger charge is 2.26. The molecule has 0 radical (unpaired) electrons. The second-order valence-electron chi connectivity index (χ2n) is 7.86. The molecule has 8 nitrogen and oxygen atoms in total. The summed E-state index contributed by atoms with van der Waals surface area (Å²) in [6, 6.07) is 12.3. The molecule has 0 saturated carbocycles. The quantitative estimate of drug-likeness (QED) is 0.692. The third-order valence-corrected chi connectivity index (χ3v) is 5.99. The zero-order valence-electron chi connectivity index (χ0n) is 18.0. The van der Waals surface area contributed by atoms with E-state index in [1.807, 2.05) is 25.1 Å². The molecule has 2 heterocycles. The predicted molar refractivity (Wildman–Crippen MR) is 124 cm³/mol. The van der Waals surface area contributed by atoms with Crippen LogP contribution in [0.2, 0.25) is 5.02 Å². The molecule has 1 fully saturated rings. The van der Waals surface area contributed by atoms with Crippen LogP contribution in [0.25, 0.3) is 0 Å². The van der Waals surface area contributed by atoms with E-state index in [9.17, 15) is 9.59 Å². The van der Waals surface area contributed by atoms with Gasteiger partial charge < -0.3 is 20.1 Å². The first-order chi connectivity index (χ1) is 15.5. The highest BCUT2D eigenvalue weighted by atomic mass is 35.5. The van der Waals surface area contributed by atoms with Gasteiger partial charge in [0, 0.05) is 37.9 Å². The molecule has 9 heteroatoms. The van der Waals surface area contributed by atoms with E-state index in [2.05, 4.69) is 20.4 Å². The van der Waals surface area contributed by atoms with Gasteiger partial charge in [-0.25, -0.2) is 0 Å². The molecule has 1 atom stereocenters. The van der Waals surface area contributed by atoms with Crippen molar-refractivity contribution in [2.75, 3.05) is 56.6 Å². The van der Waals surface area contributed by atoms with E-state index in [-0.39, 0.29) is 24.4 Å². The first kappa shape index (κ1) is 22.4. The average Bonchev–Trinajstić information content (AvgIpc) is 2.80. The Morgan fingerprint density at radius 1 is 1.00 bits per heavy atom. The molecular formula is C23H27ClN4O4. The lowest BCUT2D eigenvalue weighted by atomic mass is 10.2. The number of carbonyl (C=O) groups is 2. The van der Waals surface area contributed by atoms with Gasteiger partial charge >= 0.3 is 0 Å². The lowest BCUT2D eigenvalue weighted by Crippen LogP contribution is -2.53. The Balaban J connectivity index is 1.24. The van der Waals surface area contributed by atoms with E-state index in [1.165, 1.54) is 0 Å². The third-order valence-electron chi connectivity index (χ3n) is 5.66. The van der Waals surface area contributed by atoms with Crippen LogP contribution in [0.3, 0.4) is 0 Å². The SMILES string of the molecule is C[C@@H](C(=O)Nc1ccc2c(c1)OCCO2)N1CCN(CC(=O)Nc2ccccc2Cl)CC1. The number of anilines is 2. The maximum absolute atomic E-state index is 12.8. The van der Waals surface area contributed by atoms with Crippen molar-refractivity contribution in [1.82, 2.24) is 9.80 Å². The molecule has 170 valence electrons. The molecule has 2 aliphatic heterocycles. The Morgan fingerprint density at radius 2 is 1.72 bits per heavy atom. The molecule has 32 heavy (non-hydrogen) atoms. The first-order valence-electron chi connectivity index (χ1n) is 10.7. The lowest BCUT2D eigenvalue weighted by molar-refractivity contribution is -0.122. The summed E-state index contributed by atoms with van der Waals surface area (Å²) in [4.78, 5) is 29.3. The number of hydrogen-bond donors (Lipinski definition) is 2. The van der Waals surface area contributed by atoms with E-state index in [0.29, 0.717) is 67.3 Å². The number of amides is 2. The fourth-order valence-electron chi connectivity index (χ4n) is 3.80. The van der Waals surface area contributed by atoms with Crippen LogP contribution in [0.5, 0.6) is 11.5 Å². The number of fused-ring (bicyclic) bond motifs is 1. The maximum Gasteiger partial charge on any atom is 0.241 e. The summed E-state index contributed by atoms with van der Waals surface area (Å²) in [7, 11) is 0. The van der Waals surface area contributed by atoms with Crippen LogP contribution >= 0.6 is 11.6 Å². The van der Waals surface area contributed by atoms with Crippen molar-refractivity contribution in [3.05, 3.63) is 47.5 Å². The molecule has 2 aromatic carbocycles. The summed E-state index contributed by atoms with van der Waals surface area (Å²) in [5, 5.41) is 6.33. The normalized spacial score (nSPS) is 17.4. The Labute approximate surface area is 192 Å². The molecule has 2 N–H and O–H groups in total. The largest absolute Gasteiger partial charge is 0.486 e. The standard InChI is InChI=1S/C23H27ClN4O4/c1-16(23(30)25-17-6-7-20-21(14-17)32-13-12-31-20)28-10-8-27(9-11-28)15-22(29)26-19-5-3-2-4-18(19)24/h2-7,14,16H,8-13,15H2,1H3,(H,25,30)(H,26,29)/t16-/m0/s1. The number of nitrogens with zero attached hydrogens (tertiary/aromatic N) is 2. The van der Waals surface area contributed by atoms with E-state index in [1.54, 1.807) is 24.3 Å². The molecule has 4 rings (SSSR count). The van der Waals surface area contributed by atoms with Crippen LogP contribution in [0, 0.1) is 0 Å². The average molecular weight is 459 g/mol. The van der Waals surface area contributed by atoms with Crippen molar-refractivity contribution in [3.63, 3.8) is 0 Å². The van der Waals surface area contributed by atoms with Gasteiger partial charge in [0.25, 0.3) is 0 Å². The summed E-state index contributed by atoms with van der Waals surface area (Å²) in [6.07, 6.45) is 0. The van der Waals surface area contributed by atoms with Crippen LogP contribution in [0.4, 0.5) is 11.4 Å². The third kappa shape index (κ3) is 5.51. The molecule has 0 aliphatic carbocycles. The second kappa shape index (κ2) is 10.2. The molecule has 0 unspecified atom stereocenters. The highest BCUT2D eigenvalue weighted by molar-refractivity contribution is 6.33. The summed E-state index contributed by atoms with van der Waals surface area (Å²) < 4.78 is 11.1. The molecule has 2 aliphatic rings. The summed E-state index contributed by atoms with van der Waals surface area (Å²) in [5.74, 6) is 1.16. The maximum atomic E-state index is 12.8. The predicted octanol–water partition coefficient (Wildman–Crippen LogP) is 2.69. The summed E-state index contributed by atoms with van der Waals surface area (Å²) in [5.41, 5.74) is 1.29. The highest BCUT2D eigenvalue weighted by Crippen LogP contribution is 2.32. The summed E-state index contributed by atoms with van der Waals surface area (Å²) in [6.45, 7) is 6.04. The number of nitrogens with one attached hydrogen (secondary N) is 2. The fraction of sp³-hybridized carbons (Fsp3) is 0.391. The molecular weight excluding hydrogens is 432 g/mol. The topological polar surface area (TPSA) is 83.1 Å². The lowest BCUT2D eigenvalue weighted by Gasteiger charge is -2.37. The van der Waals surface area contributed by atoms with Gasteiger partial charge in [0.1, 0.15) is 13.2 Å². The smallest absolute Gasteiger partial charge is 0.241 e. The zero-order valence-corrected chi connectivity index (χ0v) is 18.7. The van der Waals surface area contributed by atoms with Crippen molar-refractivity contribution in [2.45, 2.75) is 13.0 Å². The van der Waals surface area contributed by atoms with Crippen molar-refractivity contribution < 1.29 is 19.1 Å². The number of rotatable bonds is 6. The van der Waals surface area contributed by atoms with Crippen LogP contribution in [0.1, 0.15) is 6.92 Å². The molecule has 0 bridgehead atoms. The van der Waals surface area contributed by atoms with E-state index >= 15 is 0 Å². The van der Waals surface area contributed by atoms with Crippen LogP contribution < -0.4 is 20.1 Å². The number of hydrogen-bond acceptors (Lipinski definition) is 6. The van der Waals surface area contributed by atoms with Crippen molar-refractivity contribution >= 4 is 34.8 Å². The van der Waals surface area contributed by atoms with Gasteiger partial charge in [-0.05, 0) is 31.2 Å².